The van der Waals surface area contributed by atoms with E-state index in [0.717, 1.165) is 10.9 Å². The number of benzene rings is 1. The summed E-state index contributed by atoms with van der Waals surface area (Å²) in [4.78, 5) is 29.6. The summed E-state index contributed by atoms with van der Waals surface area (Å²) in [5, 5.41) is 23.1. The van der Waals surface area contributed by atoms with Crippen LogP contribution in [0.2, 0.25) is 0 Å². The van der Waals surface area contributed by atoms with E-state index in [1.54, 1.807) is 12.1 Å². The smallest absolute Gasteiger partial charge is 0.480 e. The number of rotatable bonds is 4. The van der Waals surface area contributed by atoms with Gasteiger partial charge in [0.1, 0.15) is 11.6 Å². The standard InChI is InChI=1S/C10H9NO2.C5H12N2O2.CH2O3/c1-6-4-10(12)13-9-5-7(11)2-3-8(6)9;6-3-1-2-4(7)5(8)9;2-1(3)4/h2-5H,11H2,1H3;4H,1-3,6-7H2,(H,8,9);(H2,2,3,4)/t;4-;/m.0./s1. The third kappa shape index (κ3) is 9.25. The molecule has 0 saturated carbocycles. The second-order valence-corrected chi connectivity index (χ2v) is 5.16. The predicted octanol–water partition coefficient (Wildman–Crippen LogP) is 1.04. The molecule has 1 aromatic carbocycles. The zero-order valence-electron chi connectivity index (χ0n) is 14.2. The summed E-state index contributed by atoms with van der Waals surface area (Å²) in [5.41, 5.74) is 17.6. The molecule has 1 aromatic heterocycles. The van der Waals surface area contributed by atoms with Crippen LogP contribution in [0.15, 0.2) is 33.5 Å². The minimum atomic E-state index is -1.83. The minimum Gasteiger partial charge on any atom is -0.480 e. The van der Waals surface area contributed by atoms with Gasteiger partial charge in [-0.3, -0.25) is 4.79 Å². The average Bonchev–Trinajstić information content (AvgIpc) is 2.51. The molecule has 0 bridgehead atoms. The summed E-state index contributed by atoms with van der Waals surface area (Å²) in [6.07, 6.45) is -0.695. The molecule has 0 unspecified atom stereocenters. The summed E-state index contributed by atoms with van der Waals surface area (Å²) < 4.78 is 4.99. The number of anilines is 1. The summed E-state index contributed by atoms with van der Waals surface area (Å²) in [7, 11) is 0. The van der Waals surface area contributed by atoms with Gasteiger partial charge in [-0.05, 0) is 44.0 Å². The van der Waals surface area contributed by atoms with Crippen LogP contribution in [0.3, 0.4) is 0 Å². The molecule has 0 amide bonds. The molecule has 26 heavy (non-hydrogen) atoms. The first kappa shape index (κ1) is 22.9. The molecule has 10 heteroatoms. The molecule has 144 valence electrons. The van der Waals surface area contributed by atoms with E-state index in [4.69, 9.17) is 41.7 Å². The molecule has 0 aliphatic rings. The van der Waals surface area contributed by atoms with E-state index in [-0.39, 0.29) is 5.63 Å². The molecule has 1 atom stereocenters. The van der Waals surface area contributed by atoms with Crippen molar-refractivity contribution in [3.63, 3.8) is 0 Å². The Morgan fingerprint density at radius 1 is 1.19 bits per heavy atom. The van der Waals surface area contributed by atoms with Gasteiger partial charge in [0, 0.05) is 23.2 Å². The van der Waals surface area contributed by atoms with E-state index in [1.807, 2.05) is 13.0 Å². The first-order valence-corrected chi connectivity index (χ1v) is 7.48. The van der Waals surface area contributed by atoms with Gasteiger partial charge < -0.3 is 36.9 Å². The fraction of sp³-hybridized carbons (Fsp3) is 0.312. The van der Waals surface area contributed by atoms with Crippen molar-refractivity contribution in [3.05, 3.63) is 40.2 Å². The third-order valence-electron chi connectivity index (χ3n) is 3.01. The van der Waals surface area contributed by atoms with Crippen LogP contribution in [0.4, 0.5) is 10.5 Å². The van der Waals surface area contributed by atoms with Crippen molar-refractivity contribution in [2.24, 2.45) is 11.5 Å². The van der Waals surface area contributed by atoms with Gasteiger partial charge in [0.25, 0.3) is 0 Å². The number of aryl methyl sites for hydroxylation is 1. The Bertz CT molecular complexity index is 785. The van der Waals surface area contributed by atoms with E-state index in [0.29, 0.717) is 30.7 Å². The van der Waals surface area contributed by atoms with Gasteiger partial charge in [-0.2, -0.15) is 0 Å². The number of carboxylic acids is 1. The lowest BCUT2D eigenvalue weighted by Gasteiger charge is -2.02. The zero-order chi connectivity index (χ0) is 20.3. The van der Waals surface area contributed by atoms with Crippen LogP contribution in [0.25, 0.3) is 11.0 Å². The highest BCUT2D eigenvalue weighted by atomic mass is 16.6. The van der Waals surface area contributed by atoms with Gasteiger partial charge in [-0.15, -0.1) is 0 Å². The first-order chi connectivity index (χ1) is 12.1. The SMILES string of the molecule is Cc1cc(=O)oc2cc(N)ccc12.NCCC[C@H](N)C(=O)O.O=C(O)O. The van der Waals surface area contributed by atoms with Crippen LogP contribution in [0.5, 0.6) is 0 Å². The second kappa shape index (κ2) is 11.4. The third-order valence-corrected chi connectivity index (χ3v) is 3.01. The molecule has 9 N–H and O–H groups in total. The number of fused-ring (bicyclic) bond motifs is 1. The molecule has 2 rings (SSSR count). The van der Waals surface area contributed by atoms with Crippen LogP contribution in [0.1, 0.15) is 18.4 Å². The number of nitrogens with two attached hydrogens (primary N) is 3. The van der Waals surface area contributed by atoms with Crippen LogP contribution < -0.4 is 22.8 Å². The molecule has 0 aliphatic heterocycles. The maximum Gasteiger partial charge on any atom is 0.503 e. The quantitative estimate of drug-likeness (QED) is 0.333. The summed E-state index contributed by atoms with van der Waals surface area (Å²) in [6.45, 7) is 2.37. The summed E-state index contributed by atoms with van der Waals surface area (Å²) in [5.74, 6) is -0.955. The molecular weight excluding hydrogens is 346 g/mol. The van der Waals surface area contributed by atoms with Crippen molar-refractivity contribution in [1.29, 1.82) is 0 Å². The monoisotopic (exact) mass is 369 g/mol. The summed E-state index contributed by atoms with van der Waals surface area (Å²) in [6, 6.07) is 6.02. The number of carbonyl (C=O) groups is 2. The molecular formula is C16H23N3O7. The Hall–Kier alpha value is -3.11. The molecule has 0 radical (unpaired) electrons. The molecule has 1 heterocycles. The molecule has 2 aromatic rings. The average molecular weight is 369 g/mol. The highest BCUT2D eigenvalue weighted by Crippen LogP contribution is 2.18. The number of hydrogen-bond acceptors (Lipinski definition) is 7. The van der Waals surface area contributed by atoms with Crippen LogP contribution in [-0.4, -0.2) is 40.0 Å². The van der Waals surface area contributed by atoms with Gasteiger partial charge in [-0.25, -0.2) is 9.59 Å². The number of aliphatic carboxylic acids is 1. The maximum atomic E-state index is 11.0. The number of carboxylic acid groups (broad SMARTS) is 3. The lowest BCUT2D eigenvalue weighted by Crippen LogP contribution is -2.30. The van der Waals surface area contributed by atoms with Crippen LogP contribution in [0, 0.1) is 6.92 Å². The molecule has 0 aliphatic carbocycles. The second-order valence-electron chi connectivity index (χ2n) is 5.16. The maximum absolute atomic E-state index is 11.0. The van der Waals surface area contributed by atoms with Crippen molar-refractivity contribution in [2.45, 2.75) is 25.8 Å². The fourth-order valence-electron chi connectivity index (χ4n) is 1.80. The van der Waals surface area contributed by atoms with Gasteiger partial charge in [0.15, 0.2) is 0 Å². The van der Waals surface area contributed by atoms with Gasteiger partial charge >= 0.3 is 17.8 Å². The Morgan fingerprint density at radius 3 is 2.27 bits per heavy atom. The van der Waals surface area contributed by atoms with Crippen LogP contribution >= 0.6 is 0 Å². The number of nitrogen functional groups attached to an aromatic ring is 1. The zero-order valence-corrected chi connectivity index (χ0v) is 14.2. The van der Waals surface area contributed by atoms with E-state index in [1.165, 1.54) is 6.07 Å². The lowest BCUT2D eigenvalue weighted by molar-refractivity contribution is -0.138. The molecule has 0 saturated heterocycles. The topological polar surface area (TPSA) is 203 Å². The predicted molar refractivity (Wildman–Crippen MR) is 96.2 cm³/mol. The van der Waals surface area contributed by atoms with E-state index >= 15 is 0 Å². The van der Waals surface area contributed by atoms with Crippen molar-refractivity contribution >= 4 is 28.8 Å². The fourth-order valence-corrected chi connectivity index (χ4v) is 1.80. The Labute approximate surface area is 148 Å². The lowest BCUT2D eigenvalue weighted by atomic mass is 10.1. The summed E-state index contributed by atoms with van der Waals surface area (Å²) >= 11 is 0. The van der Waals surface area contributed by atoms with Gasteiger partial charge in [0.05, 0.1) is 0 Å². The normalized spacial score (nSPS) is 10.7. The molecule has 0 spiro atoms. The minimum absolute atomic E-state index is 0.337. The Balaban J connectivity index is 0.000000421. The van der Waals surface area contributed by atoms with E-state index < -0.39 is 18.2 Å². The molecule has 10 nitrogen and oxygen atoms in total. The van der Waals surface area contributed by atoms with E-state index in [2.05, 4.69) is 0 Å². The van der Waals surface area contributed by atoms with Gasteiger partial charge in [-0.1, -0.05) is 0 Å². The van der Waals surface area contributed by atoms with Crippen molar-refractivity contribution in [1.82, 2.24) is 0 Å². The van der Waals surface area contributed by atoms with E-state index in [9.17, 15) is 9.59 Å². The highest BCUT2D eigenvalue weighted by Gasteiger charge is 2.08. The largest absolute Gasteiger partial charge is 0.503 e. The van der Waals surface area contributed by atoms with Crippen LogP contribution in [-0.2, 0) is 4.79 Å². The molecule has 0 fully saturated rings. The Kier molecular flexibility index (Phi) is 10.1. The first-order valence-electron chi connectivity index (χ1n) is 7.48. The van der Waals surface area contributed by atoms with Crippen molar-refractivity contribution in [3.8, 4) is 0 Å². The van der Waals surface area contributed by atoms with Crippen molar-refractivity contribution in [2.75, 3.05) is 12.3 Å². The highest BCUT2D eigenvalue weighted by molar-refractivity contribution is 5.82. The van der Waals surface area contributed by atoms with Crippen molar-refractivity contribution < 1.29 is 29.3 Å². The van der Waals surface area contributed by atoms with Gasteiger partial charge in [0.2, 0.25) is 0 Å². The number of hydrogen-bond donors (Lipinski definition) is 6. The Morgan fingerprint density at radius 2 is 1.77 bits per heavy atom.